The molecule has 112 valence electrons. The lowest BCUT2D eigenvalue weighted by atomic mass is 10.1. The molecular weight excluding hydrogens is 289 g/mol. The summed E-state index contributed by atoms with van der Waals surface area (Å²) in [6.45, 7) is 1.77. The van der Waals surface area contributed by atoms with E-state index in [9.17, 15) is 18.0 Å². The van der Waals surface area contributed by atoms with E-state index in [1.54, 1.807) is 6.92 Å². The molecule has 1 aromatic carbocycles. The number of fused-ring (bicyclic) bond motifs is 1. The Labute approximate surface area is 117 Å². The van der Waals surface area contributed by atoms with E-state index in [4.69, 9.17) is 10.5 Å². The number of hydrogen-bond donors (Lipinski definition) is 1. The first-order valence-electron chi connectivity index (χ1n) is 5.93. The van der Waals surface area contributed by atoms with Crippen LogP contribution >= 0.6 is 0 Å². The average molecular weight is 300 g/mol. The molecule has 0 aliphatic carbocycles. The predicted octanol–water partition coefficient (Wildman–Crippen LogP) is 2.89. The number of benzene rings is 1. The lowest BCUT2D eigenvalue weighted by Crippen LogP contribution is -2.17. The molecule has 0 bridgehead atoms. The van der Waals surface area contributed by atoms with E-state index >= 15 is 0 Å². The van der Waals surface area contributed by atoms with Crippen molar-refractivity contribution in [1.29, 1.82) is 0 Å². The van der Waals surface area contributed by atoms with E-state index in [0.717, 1.165) is 12.1 Å². The minimum absolute atomic E-state index is 0.00601. The summed E-state index contributed by atoms with van der Waals surface area (Å²) < 4.78 is 45.2. The summed E-state index contributed by atoms with van der Waals surface area (Å²) in [5.74, 6) is -1.13. The molecule has 0 atom stereocenters. The first kappa shape index (κ1) is 14.9. The van der Waals surface area contributed by atoms with Gasteiger partial charge in [0, 0.05) is 11.6 Å². The van der Waals surface area contributed by atoms with Gasteiger partial charge in [0.25, 0.3) is 0 Å². The molecule has 8 heteroatoms. The van der Waals surface area contributed by atoms with Crippen molar-refractivity contribution < 1.29 is 27.4 Å². The van der Waals surface area contributed by atoms with Gasteiger partial charge < -0.3 is 15.2 Å². The topological polar surface area (TPSA) is 74.4 Å². The zero-order valence-electron chi connectivity index (χ0n) is 10.9. The van der Waals surface area contributed by atoms with Crippen molar-refractivity contribution in [3.63, 3.8) is 0 Å². The molecule has 2 N–H and O–H groups in total. The Balaban J connectivity index is 2.49. The summed E-state index contributed by atoms with van der Waals surface area (Å²) in [6, 6.07) is 3.52. The van der Waals surface area contributed by atoms with Crippen LogP contribution in [-0.4, -0.2) is 23.9 Å². The number of nitrogens with two attached hydrogens (primary N) is 1. The third kappa shape index (κ3) is 3.33. The van der Waals surface area contributed by atoms with Gasteiger partial charge in [0.05, 0.1) is 17.8 Å². The van der Waals surface area contributed by atoms with Crippen LogP contribution in [0.2, 0.25) is 0 Å². The minimum atomic E-state index is -4.81. The summed E-state index contributed by atoms with van der Waals surface area (Å²) in [6.07, 6.45) is -3.59. The van der Waals surface area contributed by atoms with Crippen molar-refractivity contribution in [2.24, 2.45) is 0 Å². The fraction of sp³-hybridized carbons (Fsp3) is 0.231. The minimum Gasteiger partial charge on any atom is -0.462 e. The highest BCUT2D eigenvalue weighted by atomic mass is 19.4. The number of nitrogens with zero attached hydrogens (tertiary/aromatic N) is 1. The Morgan fingerprint density at radius 3 is 2.71 bits per heavy atom. The average Bonchev–Trinajstić information content (AvgIpc) is 2.38. The highest BCUT2D eigenvalue weighted by molar-refractivity contribution is 6.04. The molecule has 2 aromatic rings. The molecule has 0 unspecified atom stereocenters. The zero-order chi connectivity index (χ0) is 15.6. The fourth-order valence-corrected chi connectivity index (χ4v) is 1.76. The number of carbonyl (C=O) groups excluding carboxylic acids is 1. The summed E-state index contributed by atoms with van der Waals surface area (Å²) in [4.78, 5) is 15.6. The van der Waals surface area contributed by atoms with Crippen molar-refractivity contribution in [3.8, 4) is 5.75 Å². The zero-order valence-corrected chi connectivity index (χ0v) is 10.9. The molecule has 0 radical (unpaired) electrons. The monoisotopic (exact) mass is 300 g/mol. The van der Waals surface area contributed by atoms with Crippen LogP contribution in [0.25, 0.3) is 10.9 Å². The Hall–Kier alpha value is -2.51. The van der Waals surface area contributed by atoms with Crippen LogP contribution in [0.4, 0.5) is 18.9 Å². The lowest BCUT2D eigenvalue weighted by Gasteiger charge is -2.11. The van der Waals surface area contributed by atoms with Crippen LogP contribution in [0.15, 0.2) is 24.4 Å². The highest BCUT2D eigenvalue weighted by Crippen LogP contribution is 2.30. The quantitative estimate of drug-likeness (QED) is 0.882. The number of halogens is 3. The Morgan fingerprint density at radius 1 is 1.38 bits per heavy atom. The fourth-order valence-electron chi connectivity index (χ4n) is 1.76. The molecule has 0 saturated heterocycles. The molecule has 1 heterocycles. The molecule has 0 aliphatic heterocycles. The Morgan fingerprint density at radius 2 is 2.10 bits per heavy atom. The normalized spacial score (nSPS) is 11.4. The molecular formula is C13H11F3N2O3. The van der Waals surface area contributed by atoms with Crippen molar-refractivity contribution in [1.82, 2.24) is 4.98 Å². The summed E-state index contributed by atoms with van der Waals surface area (Å²) in [7, 11) is 0. The number of hydrogen-bond acceptors (Lipinski definition) is 5. The second kappa shape index (κ2) is 5.47. The van der Waals surface area contributed by atoms with Gasteiger partial charge in [-0.05, 0) is 25.1 Å². The summed E-state index contributed by atoms with van der Waals surface area (Å²) >= 11 is 0. The first-order valence-corrected chi connectivity index (χ1v) is 5.93. The third-order valence-corrected chi connectivity index (χ3v) is 2.61. The van der Waals surface area contributed by atoms with E-state index in [2.05, 4.69) is 9.72 Å². The summed E-state index contributed by atoms with van der Waals surface area (Å²) in [5, 5.41) is 0.183. The number of nitrogen functional groups attached to an aromatic ring is 1. The van der Waals surface area contributed by atoms with Gasteiger partial charge in [-0.3, -0.25) is 4.98 Å². The maximum absolute atomic E-state index is 12.2. The van der Waals surface area contributed by atoms with E-state index < -0.39 is 18.1 Å². The molecule has 5 nitrogen and oxygen atoms in total. The molecule has 0 fully saturated rings. The maximum atomic E-state index is 12.2. The van der Waals surface area contributed by atoms with Crippen LogP contribution in [0.5, 0.6) is 5.75 Å². The SMILES string of the molecule is CCOC(=O)c1cnc2ccc(OC(F)(F)F)cc2c1N. The molecule has 0 amide bonds. The second-order valence-corrected chi connectivity index (χ2v) is 4.03. The first-order chi connectivity index (χ1) is 9.81. The molecule has 0 spiro atoms. The number of carbonyl (C=O) groups is 1. The predicted molar refractivity (Wildman–Crippen MR) is 68.8 cm³/mol. The number of aromatic nitrogens is 1. The van der Waals surface area contributed by atoms with Crippen LogP contribution < -0.4 is 10.5 Å². The van der Waals surface area contributed by atoms with Crippen molar-refractivity contribution in [3.05, 3.63) is 30.0 Å². The van der Waals surface area contributed by atoms with Gasteiger partial charge in [0.15, 0.2) is 0 Å². The standard InChI is InChI=1S/C13H11F3N2O3/c1-2-20-12(19)9-6-18-10-4-3-7(21-13(14,15)16)5-8(10)11(9)17/h3-6H,2H2,1H3,(H2,17,18). The van der Waals surface area contributed by atoms with Gasteiger partial charge in [-0.1, -0.05) is 0 Å². The van der Waals surface area contributed by atoms with Crippen LogP contribution in [0.1, 0.15) is 17.3 Å². The van der Waals surface area contributed by atoms with E-state index in [0.29, 0.717) is 5.52 Å². The maximum Gasteiger partial charge on any atom is 0.573 e. The van der Waals surface area contributed by atoms with Crippen molar-refractivity contribution in [2.45, 2.75) is 13.3 Å². The van der Waals surface area contributed by atoms with Gasteiger partial charge >= 0.3 is 12.3 Å². The van der Waals surface area contributed by atoms with E-state index in [1.165, 1.54) is 12.3 Å². The smallest absolute Gasteiger partial charge is 0.462 e. The lowest BCUT2D eigenvalue weighted by molar-refractivity contribution is -0.274. The van der Waals surface area contributed by atoms with Gasteiger partial charge in [-0.15, -0.1) is 13.2 Å². The van der Waals surface area contributed by atoms with Crippen molar-refractivity contribution in [2.75, 3.05) is 12.3 Å². The highest BCUT2D eigenvalue weighted by Gasteiger charge is 2.31. The van der Waals surface area contributed by atoms with Gasteiger partial charge in [0.2, 0.25) is 0 Å². The number of ether oxygens (including phenoxy) is 2. The van der Waals surface area contributed by atoms with Crippen LogP contribution in [0, 0.1) is 0 Å². The molecule has 0 aliphatic rings. The second-order valence-electron chi connectivity index (χ2n) is 4.03. The largest absolute Gasteiger partial charge is 0.573 e. The molecule has 0 saturated carbocycles. The van der Waals surface area contributed by atoms with E-state index in [1.807, 2.05) is 0 Å². The van der Waals surface area contributed by atoms with Gasteiger partial charge in [-0.2, -0.15) is 0 Å². The number of alkyl halides is 3. The number of esters is 1. The van der Waals surface area contributed by atoms with Gasteiger partial charge in [-0.25, -0.2) is 4.79 Å². The van der Waals surface area contributed by atoms with Crippen LogP contribution in [0.3, 0.4) is 0 Å². The number of rotatable bonds is 3. The summed E-state index contributed by atoms with van der Waals surface area (Å²) in [5.41, 5.74) is 6.13. The van der Waals surface area contributed by atoms with Gasteiger partial charge in [0.1, 0.15) is 11.3 Å². The van der Waals surface area contributed by atoms with E-state index in [-0.39, 0.29) is 23.2 Å². The number of pyridine rings is 1. The molecule has 21 heavy (non-hydrogen) atoms. The number of anilines is 1. The molecule has 1 aromatic heterocycles. The molecule has 2 rings (SSSR count). The van der Waals surface area contributed by atoms with Crippen molar-refractivity contribution >= 4 is 22.6 Å². The van der Waals surface area contributed by atoms with Crippen LogP contribution in [-0.2, 0) is 4.74 Å². The third-order valence-electron chi connectivity index (χ3n) is 2.61. The Kier molecular flexibility index (Phi) is 3.88. The Bertz CT molecular complexity index is 686.